The van der Waals surface area contributed by atoms with Gasteiger partial charge in [-0.2, -0.15) is 0 Å². The quantitative estimate of drug-likeness (QED) is 0.686. The number of nitrogens with one attached hydrogen (secondary N) is 1. The highest BCUT2D eigenvalue weighted by Crippen LogP contribution is 2.30. The van der Waals surface area contributed by atoms with E-state index in [1.54, 1.807) is 29.2 Å². The van der Waals surface area contributed by atoms with E-state index in [0.717, 1.165) is 37.1 Å². The Hall–Kier alpha value is -2.93. The normalized spacial score (nSPS) is 17.5. The zero-order valence-corrected chi connectivity index (χ0v) is 18.1. The molecule has 2 aliphatic rings. The number of carbonyl (C=O) groups is 2. The van der Waals surface area contributed by atoms with E-state index in [2.05, 4.69) is 5.32 Å². The van der Waals surface area contributed by atoms with Crippen molar-refractivity contribution in [2.45, 2.75) is 48.7 Å². The predicted molar refractivity (Wildman–Crippen MR) is 122 cm³/mol. The van der Waals surface area contributed by atoms with Crippen molar-refractivity contribution in [3.05, 3.63) is 60.2 Å². The fourth-order valence-electron chi connectivity index (χ4n) is 4.18. The summed E-state index contributed by atoms with van der Waals surface area (Å²) in [5, 5.41) is 2.41. The smallest absolute Gasteiger partial charge is 0.248 e. The molecular formula is C24H26N2O4S. The first-order valence-electron chi connectivity index (χ1n) is 10.7. The van der Waals surface area contributed by atoms with Gasteiger partial charge in [-0.25, -0.2) is 8.42 Å². The van der Waals surface area contributed by atoms with Crippen molar-refractivity contribution in [1.82, 2.24) is 0 Å². The molecule has 2 aromatic rings. The average molecular weight is 439 g/mol. The molecule has 1 saturated carbocycles. The van der Waals surface area contributed by atoms with Crippen LogP contribution in [0.5, 0.6) is 0 Å². The molecule has 4 rings (SSSR count). The third kappa shape index (κ3) is 4.88. The zero-order chi connectivity index (χ0) is 21.8. The summed E-state index contributed by atoms with van der Waals surface area (Å²) in [4.78, 5) is 26.2. The minimum absolute atomic E-state index is 0.139. The van der Waals surface area contributed by atoms with Gasteiger partial charge in [-0.3, -0.25) is 9.59 Å². The van der Waals surface area contributed by atoms with Gasteiger partial charge in [0.15, 0.2) is 9.84 Å². The van der Waals surface area contributed by atoms with Crippen LogP contribution in [0.1, 0.15) is 44.1 Å². The highest BCUT2D eigenvalue weighted by molar-refractivity contribution is 7.92. The Morgan fingerprint density at radius 2 is 1.77 bits per heavy atom. The van der Waals surface area contributed by atoms with E-state index in [1.807, 2.05) is 24.3 Å². The Bertz CT molecular complexity index is 1100. The summed E-state index contributed by atoms with van der Waals surface area (Å²) in [5.74, 6) is -0.200. The summed E-state index contributed by atoms with van der Waals surface area (Å²) in [6.07, 6.45) is 7.85. The van der Waals surface area contributed by atoms with E-state index in [0.29, 0.717) is 24.9 Å². The lowest BCUT2D eigenvalue weighted by Gasteiger charge is -2.15. The molecule has 2 aromatic carbocycles. The van der Waals surface area contributed by atoms with E-state index >= 15 is 0 Å². The molecule has 0 bridgehead atoms. The molecule has 0 spiro atoms. The molecule has 1 aliphatic carbocycles. The first kappa shape index (κ1) is 21.3. The van der Waals surface area contributed by atoms with Crippen molar-refractivity contribution in [3.63, 3.8) is 0 Å². The number of hydrogen-bond acceptors (Lipinski definition) is 4. The Balaban J connectivity index is 1.39. The van der Waals surface area contributed by atoms with Gasteiger partial charge in [0.2, 0.25) is 11.8 Å². The van der Waals surface area contributed by atoms with Gasteiger partial charge in [0.05, 0.1) is 10.1 Å². The molecule has 1 N–H and O–H groups in total. The maximum atomic E-state index is 12.8. The van der Waals surface area contributed by atoms with Gasteiger partial charge in [0, 0.05) is 30.4 Å². The van der Waals surface area contributed by atoms with Crippen molar-refractivity contribution in [2.75, 3.05) is 16.8 Å². The highest BCUT2D eigenvalue weighted by Gasteiger charge is 2.30. The van der Waals surface area contributed by atoms with Crippen LogP contribution in [-0.4, -0.2) is 32.0 Å². The Kier molecular flexibility index (Phi) is 6.23. The van der Waals surface area contributed by atoms with E-state index in [9.17, 15) is 18.0 Å². The van der Waals surface area contributed by atoms with Crippen LogP contribution in [0.4, 0.5) is 11.4 Å². The maximum absolute atomic E-state index is 12.8. The monoisotopic (exact) mass is 438 g/mol. The van der Waals surface area contributed by atoms with E-state index in [1.165, 1.54) is 12.1 Å². The first-order valence-corrected chi connectivity index (χ1v) is 12.2. The summed E-state index contributed by atoms with van der Waals surface area (Å²) in [7, 11) is -3.36. The fourth-order valence-corrected chi connectivity index (χ4v) is 6.08. The Labute approximate surface area is 182 Å². The molecule has 7 heteroatoms. The number of sulfone groups is 1. The van der Waals surface area contributed by atoms with Crippen molar-refractivity contribution in [2.24, 2.45) is 0 Å². The molecule has 0 unspecified atom stereocenters. The summed E-state index contributed by atoms with van der Waals surface area (Å²) >= 11 is 0. The number of nitrogens with zero attached hydrogens (tertiary/aromatic N) is 1. The third-order valence-electron chi connectivity index (χ3n) is 5.88. The van der Waals surface area contributed by atoms with Gasteiger partial charge in [-0.05, 0) is 61.2 Å². The van der Waals surface area contributed by atoms with Crippen molar-refractivity contribution >= 4 is 39.1 Å². The number of amides is 2. The molecule has 0 radical (unpaired) electrons. The second kappa shape index (κ2) is 9.06. The van der Waals surface area contributed by atoms with Crippen LogP contribution in [0.15, 0.2) is 59.5 Å². The summed E-state index contributed by atoms with van der Waals surface area (Å²) in [6, 6.07) is 13.9. The second-order valence-electron chi connectivity index (χ2n) is 8.04. The zero-order valence-electron chi connectivity index (χ0n) is 17.3. The minimum Gasteiger partial charge on any atom is -0.322 e. The number of anilines is 2. The number of benzene rings is 2. The van der Waals surface area contributed by atoms with Crippen molar-refractivity contribution in [3.8, 4) is 0 Å². The molecule has 1 aliphatic heterocycles. The van der Waals surface area contributed by atoms with Crippen LogP contribution < -0.4 is 10.2 Å². The van der Waals surface area contributed by atoms with E-state index < -0.39 is 9.84 Å². The highest BCUT2D eigenvalue weighted by atomic mass is 32.2. The lowest BCUT2D eigenvalue weighted by atomic mass is 10.2. The molecule has 31 heavy (non-hydrogen) atoms. The summed E-state index contributed by atoms with van der Waals surface area (Å²) < 4.78 is 25.6. The molecule has 2 amide bonds. The molecule has 6 nitrogen and oxygen atoms in total. The van der Waals surface area contributed by atoms with Crippen molar-refractivity contribution < 1.29 is 18.0 Å². The van der Waals surface area contributed by atoms with Crippen LogP contribution in [0.25, 0.3) is 6.08 Å². The maximum Gasteiger partial charge on any atom is 0.248 e. The summed E-state index contributed by atoms with van der Waals surface area (Å²) in [5.41, 5.74) is 2.16. The van der Waals surface area contributed by atoms with Crippen molar-refractivity contribution in [1.29, 1.82) is 0 Å². The molecule has 1 heterocycles. The van der Waals surface area contributed by atoms with Gasteiger partial charge in [0.1, 0.15) is 0 Å². The van der Waals surface area contributed by atoms with E-state index in [-0.39, 0.29) is 22.0 Å². The number of hydrogen-bond donors (Lipinski definition) is 1. The molecule has 1 saturated heterocycles. The standard InChI is InChI=1S/C24H26N2O4S/c27-23(15-12-18-10-13-20(14-11-18)26-16-4-9-24(26)28)25-19-5-3-8-22(17-19)31(29,30)21-6-1-2-7-21/h3,5,8,10-15,17,21H,1-2,4,6-7,9,16H2,(H,25,27)/b15-12+. The van der Waals surface area contributed by atoms with Gasteiger partial charge in [-0.1, -0.05) is 31.0 Å². The number of carbonyl (C=O) groups excluding carboxylic acids is 2. The lowest BCUT2D eigenvalue weighted by Crippen LogP contribution is -2.23. The Morgan fingerprint density at radius 3 is 2.45 bits per heavy atom. The first-order chi connectivity index (χ1) is 14.9. The molecule has 0 aromatic heterocycles. The van der Waals surface area contributed by atoms with Gasteiger partial charge in [0.25, 0.3) is 0 Å². The van der Waals surface area contributed by atoms with Crippen LogP contribution in [-0.2, 0) is 19.4 Å². The van der Waals surface area contributed by atoms with E-state index in [4.69, 9.17) is 0 Å². The largest absolute Gasteiger partial charge is 0.322 e. The van der Waals surface area contributed by atoms with Gasteiger partial charge >= 0.3 is 0 Å². The second-order valence-corrected chi connectivity index (χ2v) is 10.3. The van der Waals surface area contributed by atoms with Gasteiger partial charge < -0.3 is 10.2 Å². The topological polar surface area (TPSA) is 83.6 Å². The predicted octanol–water partition coefficient (Wildman–Crippen LogP) is 4.18. The fraction of sp³-hybridized carbons (Fsp3) is 0.333. The molecule has 2 fully saturated rings. The minimum atomic E-state index is -3.36. The van der Waals surface area contributed by atoms with Crippen LogP contribution in [0.3, 0.4) is 0 Å². The lowest BCUT2D eigenvalue weighted by molar-refractivity contribution is -0.117. The molecule has 0 atom stereocenters. The van der Waals surface area contributed by atoms with Crippen LogP contribution in [0, 0.1) is 0 Å². The Morgan fingerprint density at radius 1 is 1.03 bits per heavy atom. The summed E-state index contributed by atoms with van der Waals surface area (Å²) in [6.45, 7) is 0.742. The van der Waals surface area contributed by atoms with Gasteiger partial charge in [-0.15, -0.1) is 0 Å². The third-order valence-corrected chi connectivity index (χ3v) is 8.14. The SMILES string of the molecule is O=C(/C=C/c1ccc(N2CCCC2=O)cc1)Nc1cccc(S(=O)(=O)C2CCCC2)c1. The average Bonchev–Trinajstić information content (AvgIpc) is 3.45. The number of rotatable bonds is 6. The molecular weight excluding hydrogens is 412 g/mol. The van der Waals surface area contributed by atoms with Crippen LogP contribution in [0.2, 0.25) is 0 Å². The van der Waals surface area contributed by atoms with Crippen LogP contribution >= 0.6 is 0 Å². The molecule has 162 valence electrons.